The highest BCUT2D eigenvalue weighted by Gasteiger charge is 2.34. The molecule has 1 saturated carbocycles. The molecular weight excluding hydrogens is 260 g/mol. The number of amides is 3. The minimum Gasteiger partial charge on any atom is -0.368 e. The van der Waals surface area contributed by atoms with Crippen LogP contribution in [-0.4, -0.2) is 66.3 Å². The second kappa shape index (κ2) is 6.69. The van der Waals surface area contributed by atoms with Gasteiger partial charge in [0.25, 0.3) is 0 Å². The smallest absolute Gasteiger partial charge is 0.312 e. The predicted molar refractivity (Wildman–Crippen MR) is 72.6 cm³/mol. The van der Waals surface area contributed by atoms with Crippen LogP contribution in [0, 0.1) is 0 Å². The summed E-state index contributed by atoms with van der Waals surface area (Å²) in [5.74, 6) is -1.67. The molecule has 2 fully saturated rings. The van der Waals surface area contributed by atoms with E-state index in [-0.39, 0.29) is 12.6 Å². The quantitative estimate of drug-likeness (QED) is 0.627. The number of primary amides is 1. The van der Waals surface area contributed by atoms with Gasteiger partial charge in [-0.25, -0.2) is 0 Å². The molecule has 112 valence electrons. The van der Waals surface area contributed by atoms with E-state index in [1.165, 1.54) is 4.90 Å². The fraction of sp³-hybridized carbons (Fsp3) is 0.769. The van der Waals surface area contributed by atoms with Gasteiger partial charge in [-0.15, -0.1) is 0 Å². The first-order valence-electron chi connectivity index (χ1n) is 7.18. The molecule has 0 aromatic carbocycles. The molecule has 0 bridgehead atoms. The molecule has 0 aromatic heterocycles. The van der Waals surface area contributed by atoms with E-state index in [0.717, 1.165) is 25.7 Å². The summed E-state index contributed by atoms with van der Waals surface area (Å²) in [6, 6.07) is -0.0261. The molecular formula is C13H22N4O3. The monoisotopic (exact) mass is 282 g/mol. The minimum absolute atomic E-state index is 0.0261. The van der Waals surface area contributed by atoms with Gasteiger partial charge in [0.1, 0.15) is 6.54 Å². The van der Waals surface area contributed by atoms with Crippen molar-refractivity contribution < 1.29 is 14.4 Å². The zero-order valence-electron chi connectivity index (χ0n) is 11.6. The average molecular weight is 282 g/mol. The van der Waals surface area contributed by atoms with Crippen LogP contribution in [0.4, 0.5) is 0 Å². The zero-order chi connectivity index (χ0) is 14.5. The Morgan fingerprint density at radius 3 is 2.30 bits per heavy atom. The van der Waals surface area contributed by atoms with Crippen molar-refractivity contribution in [2.75, 3.05) is 32.7 Å². The van der Waals surface area contributed by atoms with E-state index in [1.54, 1.807) is 4.90 Å². The Morgan fingerprint density at radius 2 is 1.75 bits per heavy atom. The van der Waals surface area contributed by atoms with E-state index >= 15 is 0 Å². The fourth-order valence-electron chi connectivity index (χ4n) is 2.88. The largest absolute Gasteiger partial charge is 0.368 e. The zero-order valence-corrected chi connectivity index (χ0v) is 11.6. The van der Waals surface area contributed by atoms with Gasteiger partial charge in [-0.2, -0.15) is 0 Å². The third-order valence-electron chi connectivity index (χ3n) is 3.94. The predicted octanol–water partition coefficient (Wildman–Crippen LogP) is -1.33. The third-order valence-corrected chi connectivity index (χ3v) is 3.94. The number of nitrogens with zero attached hydrogens (tertiary/aromatic N) is 2. The summed E-state index contributed by atoms with van der Waals surface area (Å²) in [6.07, 6.45) is 3.73. The third kappa shape index (κ3) is 3.47. The molecule has 0 unspecified atom stereocenters. The SMILES string of the molecule is NC(=O)CN(C(=O)C(=O)N1CCNCC1)C1CCCC1. The average Bonchev–Trinajstić information content (AvgIpc) is 2.98. The second-order valence-electron chi connectivity index (χ2n) is 5.38. The number of hydrogen-bond acceptors (Lipinski definition) is 4. The first kappa shape index (κ1) is 14.8. The Hall–Kier alpha value is -1.63. The van der Waals surface area contributed by atoms with Crippen molar-refractivity contribution in [1.29, 1.82) is 0 Å². The van der Waals surface area contributed by atoms with E-state index < -0.39 is 17.7 Å². The lowest BCUT2D eigenvalue weighted by Crippen LogP contribution is -2.55. The van der Waals surface area contributed by atoms with Crippen LogP contribution < -0.4 is 11.1 Å². The van der Waals surface area contributed by atoms with Crippen LogP contribution in [-0.2, 0) is 14.4 Å². The lowest BCUT2D eigenvalue weighted by atomic mass is 10.2. The lowest BCUT2D eigenvalue weighted by molar-refractivity contribution is -0.154. The topological polar surface area (TPSA) is 95.7 Å². The molecule has 1 aliphatic heterocycles. The molecule has 1 heterocycles. The fourth-order valence-corrected chi connectivity index (χ4v) is 2.88. The molecule has 0 atom stereocenters. The van der Waals surface area contributed by atoms with Gasteiger partial charge in [-0.1, -0.05) is 12.8 Å². The molecule has 2 rings (SSSR count). The van der Waals surface area contributed by atoms with Gasteiger partial charge < -0.3 is 20.9 Å². The van der Waals surface area contributed by atoms with Crippen molar-refractivity contribution in [3.8, 4) is 0 Å². The minimum atomic E-state index is -0.586. The summed E-state index contributed by atoms with van der Waals surface area (Å²) in [6.45, 7) is 2.27. The van der Waals surface area contributed by atoms with Crippen molar-refractivity contribution in [3.05, 3.63) is 0 Å². The van der Waals surface area contributed by atoms with Crippen molar-refractivity contribution in [3.63, 3.8) is 0 Å². The van der Waals surface area contributed by atoms with Crippen LogP contribution in [0.5, 0.6) is 0 Å². The van der Waals surface area contributed by atoms with Gasteiger partial charge >= 0.3 is 11.8 Å². The Morgan fingerprint density at radius 1 is 1.15 bits per heavy atom. The Labute approximate surface area is 118 Å². The number of nitrogens with one attached hydrogen (secondary N) is 1. The number of hydrogen-bond donors (Lipinski definition) is 2. The van der Waals surface area contributed by atoms with E-state index in [4.69, 9.17) is 5.73 Å². The standard InChI is InChI=1S/C13H22N4O3/c14-11(18)9-17(10-3-1-2-4-10)13(20)12(19)16-7-5-15-6-8-16/h10,15H,1-9H2,(H2,14,18). The Bertz CT molecular complexity index is 387. The number of rotatable bonds is 3. The summed E-state index contributed by atoms with van der Waals surface area (Å²) >= 11 is 0. The highest BCUT2D eigenvalue weighted by Crippen LogP contribution is 2.23. The van der Waals surface area contributed by atoms with Gasteiger partial charge in [0.2, 0.25) is 5.91 Å². The van der Waals surface area contributed by atoms with Gasteiger partial charge in [0.05, 0.1) is 0 Å². The molecule has 7 nitrogen and oxygen atoms in total. The maximum absolute atomic E-state index is 12.4. The van der Waals surface area contributed by atoms with Crippen molar-refractivity contribution in [1.82, 2.24) is 15.1 Å². The molecule has 7 heteroatoms. The molecule has 0 radical (unpaired) electrons. The van der Waals surface area contributed by atoms with Crippen LogP contribution in [0.25, 0.3) is 0 Å². The number of carbonyl (C=O) groups is 3. The molecule has 1 aliphatic carbocycles. The summed E-state index contributed by atoms with van der Waals surface area (Å²) in [5.41, 5.74) is 5.21. The molecule has 2 aliphatic rings. The summed E-state index contributed by atoms with van der Waals surface area (Å²) in [7, 11) is 0. The van der Waals surface area contributed by atoms with Crippen molar-refractivity contribution in [2.24, 2.45) is 5.73 Å². The van der Waals surface area contributed by atoms with Gasteiger partial charge in [-0.05, 0) is 12.8 Å². The molecule has 3 N–H and O–H groups in total. The normalized spacial score (nSPS) is 19.9. The highest BCUT2D eigenvalue weighted by atomic mass is 16.2. The molecule has 3 amide bonds. The van der Waals surface area contributed by atoms with Gasteiger partial charge in [0, 0.05) is 32.2 Å². The van der Waals surface area contributed by atoms with Crippen LogP contribution in [0.1, 0.15) is 25.7 Å². The molecule has 1 saturated heterocycles. The van der Waals surface area contributed by atoms with Crippen LogP contribution in [0.2, 0.25) is 0 Å². The molecule has 0 spiro atoms. The van der Waals surface area contributed by atoms with Gasteiger partial charge in [-0.3, -0.25) is 14.4 Å². The van der Waals surface area contributed by atoms with E-state index in [2.05, 4.69) is 5.32 Å². The highest BCUT2D eigenvalue weighted by molar-refractivity contribution is 6.35. The van der Waals surface area contributed by atoms with Crippen LogP contribution >= 0.6 is 0 Å². The van der Waals surface area contributed by atoms with E-state index in [0.29, 0.717) is 26.2 Å². The number of carbonyl (C=O) groups excluding carboxylic acids is 3. The van der Waals surface area contributed by atoms with E-state index in [1.807, 2.05) is 0 Å². The molecule has 0 aromatic rings. The maximum atomic E-state index is 12.4. The van der Waals surface area contributed by atoms with Gasteiger partial charge in [0.15, 0.2) is 0 Å². The van der Waals surface area contributed by atoms with Crippen molar-refractivity contribution >= 4 is 17.7 Å². The Kier molecular flexibility index (Phi) is 4.94. The first-order chi connectivity index (χ1) is 9.59. The number of piperazine rings is 1. The lowest BCUT2D eigenvalue weighted by Gasteiger charge is -2.32. The Balaban J connectivity index is 2.04. The second-order valence-corrected chi connectivity index (χ2v) is 5.38. The summed E-state index contributed by atoms with van der Waals surface area (Å²) in [5, 5.41) is 3.13. The van der Waals surface area contributed by atoms with Crippen molar-refractivity contribution in [2.45, 2.75) is 31.7 Å². The van der Waals surface area contributed by atoms with Crippen LogP contribution in [0.3, 0.4) is 0 Å². The first-order valence-corrected chi connectivity index (χ1v) is 7.18. The van der Waals surface area contributed by atoms with Crippen LogP contribution in [0.15, 0.2) is 0 Å². The number of nitrogens with two attached hydrogens (primary N) is 1. The molecule has 20 heavy (non-hydrogen) atoms. The summed E-state index contributed by atoms with van der Waals surface area (Å²) < 4.78 is 0. The summed E-state index contributed by atoms with van der Waals surface area (Å²) in [4.78, 5) is 38.7. The maximum Gasteiger partial charge on any atom is 0.312 e. The van der Waals surface area contributed by atoms with E-state index in [9.17, 15) is 14.4 Å².